The van der Waals surface area contributed by atoms with E-state index in [1.165, 1.54) is 4.90 Å². The summed E-state index contributed by atoms with van der Waals surface area (Å²) in [5.74, 6) is -0.369. The Morgan fingerprint density at radius 1 is 1.02 bits per heavy atom. The first-order chi connectivity index (χ1) is 23.0. The van der Waals surface area contributed by atoms with Gasteiger partial charge in [-0.05, 0) is 70.8 Å². The molecule has 1 amide bonds. The molecule has 3 aromatic heterocycles. The van der Waals surface area contributed by atoms with E-state index in [2.05, 4.69) is 19.9 Å². The summed E-state index contributed by atoms with van der Waals surface area (Å²) < 4.78 is 31.8. The molecule has 5 heterocycles. The van der Waals surface area contributed by atoms with Crippen LogP contribution in [0.3, 0.4) is 0 Å². The zero-order valence-electron chi connectivity index (χ0n) is 27.7. The maximum absolute atomic E-state index is 16.7. The van der Waals surface area contributed by atoms with Crippen molar-refractivity contribution in [2.24, 2.45) is 0 Å². The van der Waals surface area contributed by atoms with Crippen molar-refractivity contribution in [1.29, 1.82) is 0 Å². The Hall–Kier alpha value is -4.29. The molecule has 1 saturated carbocycles. The fraction of sp³-hybridized carbons (Fsp3) is 0.429. The number of rotatable bonds is 8. The van der Waals surface area contributed by atoms with Gasteiger partial charge in [-0.15, -0.1) is 0 Å². The third kappa shape index (κ3) is 6.07. The number of anilines is 2. The van der Waals surface area contributed by atoms with Crippen LogP contribution in [0.4, 0.5) is 20.5 Å². The van der Waals surface area contributed by atoms with E-state index in [0.717, 1.165) is 24.5 Å². The molecule has 13 heteroatoms. The highest BCUT2D eigenvalue weighted by Gasteiger charge is 2.36. The van der Waals surface area contributed by atoms with E-state index in [-0.39, 0.29) is 23.8 Å². The van der Waals surface area contributed by atoms with Crippen LogP contribution in [0.15, 0.2) is 36.3 Å². The lowest BCUT2D eigenvalue weighted by atomic mass is 9.99. The van der Waals surface area contributed by atoms with Gasteiger partial charge in [0.1, 0.15) is 22.9 Å². The number of carbonyl (C=O) groups excluding carboxylic acids is 1. The number of hydrogen-bond acceptors (Lipinski definition) is 9. The van der Waals surface area contributed by atoms with Gasteiger partial charge in [-0.2, -0.15) is 4.98 Å². The second kappa shape index (κ2) is 12.6. The Kier molecular flexibility index (Phi) is 8.49. The molecule has 0 bridgehead atoms. The van der Waals surface area contributed by atoms with Crippen molar-refractivity contribution >= 4 is 46.3 Å². The van der Waals surface area contributed by atoms with Crippen LogP contribution in [-0.2, 0) is 4.79 Å². The lowest BCUT2D eigenvalue weighted by molar-refractivity contribution is -0.127. The molecule has 1 aliphatic carbocycles. The highest BCUT2D eigenvalue weighted by atomic mass is 35.5. The number of likely N-dealkylation sites (N-methyl/N-ethyl adjacent to an activating group) is 2. The third-order valence-electron chi connectivity index (χ3n) is 9.62. The van der Waals surface area contributed by atoms with Crippen LogP contribution in [-0.4, -0.2) is 100 Å². The molecule has 0 N–H and O–H groups in total. The molecule has 1 aromatic carbocycles. The number of benzene rings is 1. The molecule has 0 spiro atoms. The Bertz CT molecular complexity index is 1920. The summed E-state index contributed by atoms with van der Waals surface area (Å²) >= 11 is 6.61. The number of aromatic nitrogens is 5. The summed E-state index contributed by atoms with van der Waals surface area (Å²) in [6, 6.07) is 7.30. The Morgan fingerprint density at radius 3 is 2.50 bits per heavy atom. The maximum atomic E-state index is 16.7. The van der Waals surface area contributed by atoms with Crippen molar-refractivity contribution in [3.63, 3.8) is 0 Å². The molecule has 3 fully saturated rings. The van der Waals surface area contributed by atoms with Crippen molar-refractivity contribution in [3.05, 3.63) is 69.9 Å². The second-order valence-electron chi connectivity index (χ2n) is 13.3. The summed E-state index contributed by atoms with van der Waals surface area (Å²) in [5.41, 5.74) is 3.04. The SMILES string of the molecule is Cc1cc(/C=C(\F)C(=O)N2CC[C@@H](N(C)c3nc(N4CC(N(C)C)C4)nc4c(F)c(-c5cccc(Cl)c5C5CC5)ncc34)C2)nc(C)n1. The standard InChI is InChI=1S/C35H38ClF2N9O/c1-19-13-22(41-20(2)40-19)14-28(37)34(48)46-12-11-23(16-46)45(5)33-26-15-39-31(25-7-6-8-27(36)29(25)21-9-10-21)30(38)32(26)42-35(43-33)47-17-24(18-47)44(3)4/h6-8,13-15,21,23-24H,9-12,16-18H2,1-5H3/b28-14-/t23-/m1/s1. The van der Waals surface area contributed by atoms with Gasteiger partial charge in [0, 0.05) is 73.9 Å². The van der Waals surface area contributed by atoms with E-state index in [0.29, 0.717) is 83.0 Å². The van der Waals surface area contributed by atoms with Gasteiger partial charge in [0.2, 0.25) is 5.95 Å². The first kappa shape index (κ1) is 32.3. The molecule has 2 aliphatic heterocycles. The average molecular weight is 674 g/mol. The number of pyridine rings is 1. The number of amides is 1. The van der Waals surface area contributed by atoms with Crippen LogP contribution in [0.5, 0.6) is 0 Å². The molecule has 10 nitrogen and oxygen atoms in total. The predicted molar refractivity (Wildman–Crippen MR) is 183 cm³/mol. The minimum atomic E-state index is -0.885. The molecule has 4 aromatic rings. The highest BCUT2D eigenvalue weighted by Crippen LogP contribution is 2.48. The monoisotopic (exact) mass is 673 g/mol. The molecule has 3 aliphatic rings. The van der Waals surface area contributed by atoms with Crippen LogP contribution in [0.25, 0.3) is 28.2 Å². The maximum Gasteiger partial charge on any atom is 0.282 e. The van der Waals surface area contributed by atoms with Gasteiger partial charge in [-0.25, -0.2) is 23.7 Å². The van der Waals surface area contributed by atoms with Gasteiger partial charge >= 0.3 is 0 Å². The largest absolute Gasteiger partial charge is 0.354 e. The number of aryl methyl sites for hydroxylation is 2. The summed E-state index contributed by atoms with van der Waals surface area (Å²) in [6.07, 6.45) is 5.38. The van der Waals surface area contributed by atoms with Crippen LogP contribution in [0, 0.1) is 19.7 Å². The lowest BCUT2D eigenvalue weighted by Gasteiger charge is -2.43. The molecular weight excluding hydrogens is 636 g/mol. The second-order valence-corrected chi connectivity index (χ2v) is 13.7. The predicted octanol–water partition coefficient (Wildman–Crippen LogP) is 5.57. The van der Waals surface area contributed by atoms with Gasteiger partial charge in [-0.1, -0.05) is 23.7 Å². The Balaban J connectivity index is 1.21. The van der Waals surface area contributed by atoms with Gasteiger partial charge in [0.15, 0.2) is 11.6 Å². The van der Waals surface area contributed by atoms with Crippen LogP contribution < -0.4 is 9.80 Å². The van der Waals surface area contributed by atoms with Crippen molar-refractivity contribution in [2.75, 3.05) is 57.1 Å². The molecule has 0 radical (unpaired) electrons. The molecule has 48 heavy (non-hydrogen) atoms. The first-order valence-corrected chi connectivity index (χ1v) is 16.6. The van der Waals surface area contributed by atoms with Crippen LogP contribution >= 0.6 is 11.6 Å². The van der Waals surface area contributed by atoms with Gasteiger partial charge in [0.05, 0.1) is 11.1 Å². The van der Waals surface area contributed by atoms with E-state index in [1.807, 2.05) is 49.1 Å². The van der Waals surface area contributed by atoms with E-state index in [4.69, 9.17) is 21.6 Å². The number of nitrogens with zero attached hydrogens (tertiary/aromatic N) is 9. The fourth-order valence-corrected chi connectivity index (χ4v) is 7.01. The number of carbonyl (C=O) groups is 1. The topological polar surface area (TPSA) is 94.5 Å². The number of halogens is 3. The van der Waals surface area contributed by atoms with Crippen molar-refractivity contribution in [2.45, 2.75) is 51.1 Å². The molecular formula is C35H38ClF2N9O. The summed E-state index contributed by atoms with van der Waals surface area (Å²) in [5, 5.41) is 1.08. The van der Waals surface area contributed by atoms with E-state index >= 15 is 8.78 Å². The summed E-state index contributed by atoms with van der Waals surface area (Å²) in [7, 11) is 5.93. The van der Waals surface area contributed by atoms with E-state index in [1.54, 1.807) is 26.1 Å². The number of likely N-dealkylation sites (tertiary alicyclic amines) is 1. The fourth-order valence-electron chi connectivity index (χ4n) is 6.68. The lowest BCUT2D eigenvalue weighted by Crippen LogP contribution is -2.58. The summed E-state index contributed by atoms with van der Waals surface area (Å²) in [4.78, 5) is 43.5. The number of fused-ring (bicyclic) bond motifs is 1. The quantitative estimate of drug-likeness (QED) is 0.223. The number of hydrogen-bond donors (Lipinski definition) is 0. The molecule has 2 saturated heterocycles. The Morgan fingerprint density at radius 2 is 1.79 bits per heavy atom. The smallest absolute Gasteiger partial charge is 0.282 e. The van der Waals surface area contributed by atoms with Crippen LogP contribution in [0.1, 0.15) is 48.0 Å². The highest BCUT2D eigenvalue weighted by molar-refractivity contribution is 6.32. The van der Waals surface area contributed by atoms with Crippen molar-refractivity contribution in [1.82, 2.24) is 34.7 Å². The molecule has 7 rings (SSSR count). The van der Waals surface area contributed by atoms with Crippen molar-refractivity contribution in [3.8, 4) is 11.3 Å². The minimum Gasteiger partial charge on any atom is -0.354 e. The molecule has 250 valence electrons. The van der Waals surface area contributed by atoms with Gasteiger partial charge < -0.3 is 19.6 Å². The average Bonchev–Trinajstić information content (AvgIpc) is 3.73. The molecule has 1 atom stereocenters. The van der Waals surface area contributed by atoms with E-state index < -0.39 is 17.6 Å². The van der Waals surface area contributed by atoms with Crippen molar-refractivity contribution < 1.29 is 13.6 Å². The van der Waals surface area contributed by atoms with Gasteiger partial charge in [0.25, 0.3) is 5.91 Å². The molecule has 0 unspecified atom stereocenters. The zero-order chi connectivity index (χ0) is 33.9. The summed E-state index contributed by atoms with van der Waals surface area (Å²) in [6.45, 7) is 5.57. The Labute approximate surface area is 283 Å². The van der Waals surface area contributed by atoms with Crippen LogP contribution in [0.2, 0.25) is 5.02 Å². The van der Waals surface area contributed by atoms with Gasteiger partial charge in [-0.3, -0.25) is 9.78 Å². The zero-order valence-corrected chi connectivity index (χ0v) is 28.5. The minimum absolute atomic E-state index is 0.178. The van der Waals surface area contributed by atoms with E-state index in [9.17, 15) is 4.79 Å². The first-order valence-electron chi connectivity index (χ1n) is 16.3. The normalized spacial score (nSPS) is 18.6. The third-order valence-corrected chi connectivity index (χ3v) is 9.95.